The van der Waals surface area contributed by atoms with Gasteiger partial charge in [0.05, 0.1) is 18.7 Å². The van der Waals surface area contributed by atoms with Crippen molar-refractivity contribution < 1.29 is 9.26 Å². The summed E-state index contributed by atoms with van der Waals surface area (Å²) in [5.41, 5.74) is 2.67. The summed E-state index contributed by atoms with van der Waals surface area (Å²) in [5, 5.41) is 15.0. The minimum Gasteiger partial charge on any atom is -0.481 e. The Labute approximate surface area is 190 Å². The Morgan fingerprint density at radius 2 is 2.06 bits per heavy atom. The van der Waals surface area contributed by atoms with Crippen molar-refractivity contribution in [2.75, 3.05) is 23.9 Å². The molecule has 168 valence electrons. The second-order valence-corrected chi connectivity index (χ2v) is 8.38. The fraction of sp³-hybridized carbons (Fsp3) is 0.348. The Kier molecular flexibility index (Phi) is 4.89. The van der Waals surface area contributed by atoms with Crippen LogP contribution < -0.4 is 15.0 Å². The zero-order valence-electron chi connectivity index (χ0n) is 18.2. The lowest BCUT2D eigenvalue weighted by atomic mass is 10.1. The summed E-state index contributed by atoms with van der Waals surface area (Å²) >= 11 is 0. The zero-order chi connectivity index (χ0) is 22.2. The monoisotopic (exact) mass is 444 g/mol. The van der Waals surface area contributed by atoms with Gasteiger partial charge < -0.3 is 19.5 Å². The van der Waals surface area contributed by atoms with Gasteiger partial charge in [-0.15, -0.1) is 0 Å². The van der Waals surface area contributed by atoms with Gasteiger partial charge in [0, 0.05) is 42.7 Å². The first-order valence-electron chi connectivity index (χ1n) is 11.2. The number of nitrogens with one attached hydrogen (secondary N) is 2. The van der Waals surface area contributed by atoms with Crippen molar-refractivity contribution >= 4 is 17.6 Å². The standard InChI is InChI=1S/C23H24N8O2/c1-32-22-15(4-2-9-24-22)17-12-19(33-30-17)18-5-3-11-31(18)23-25-10-8-20(27-23)26-21-13-16(28-29-21)14-6-7-14/h2,4,8-10,12-14,18H,3,5-7,11H2,1H3,(H2,25,26,27,28,29)/t18-/m0/s1. The van der Waals surface area contributed by atoms with Crippen molar-refractivity contribution in [3.63, 3.8) is 0 Å². The molecule has 0 amide bonds. The van der Waals surface area contributed by atoms with E-state index in [1.807, 2.05) is 24.3 Å². The number of H-pyrrole nitrogens is 1. The number of hydrogen-bond acceptors (Lipinski definition) is 9. The Hall–Kier alpha value is -3.95. The van der Waals surface area contributed by atoms with E-state index in [0.29, 0.717) is 29.3 Å². The van der Waals surface area contributed by atoms with Crippen LogP contribution in [0.4, 0.5) is 17.6 Å². The van der Waals surface area contributed by atoms with Crippen LogP contribution in [-0.4, -0.2) is 44.0 Å². The van der Waals surface area contributed by atoms with Crippen molar-refractivity contribution in [2.24, 2.45) is 0 Å². The van der Waals surface area contributed by atoms with Crippen LogP contribution in [0.25, 0.3) is 11.3 Å². The third-order valence-corrected chi connectivity index (χ3v) is 6.12. The van der Waals surface area contributed by atoms with Gasteiger partial charge in [0.15, 0.2) is 11.6 Å². The molecule has 1 atom stereocenters. The molecule has 6 rings (SSSR count). The number of anilines is 3. The van der Waals surface area contributed by atoms with Gasteiger partial charge in [-0.1, -0.05) is 5.16 Å². The van der Waals surface area contributed by atoms with E-state index in [1.54, 1.807) is 19.5 Å². The largest absolute Gasteiger partial charge is 0.481 e. The van der Waals surface area contributed by atoms with Crippen molar-refractivity contribution in [1.29, 1.82) is 0 Å². The highest BCUT2D eigenvalue weighted by atomic mass is 16.5. The lowest BCUT2D eigenvalue weighted by Gasteiger charge is -2.22. The van der Waals surface area contributed by atoms with E-state index >= 15 is 0 Å². The lowest BCUT2D eigenvalue weighted by molar-refractivity contribution is 0.361. The predicted molar refractivity (Wildman–Crippen MR) is 121 cm³/mol. The molecule has 2 N–H and O–H groups in total. The highest BCUT2D eigenvalue weighted by Gasteiger charge is 2.32. The van der Waals surface area contributed by atoms with Gasteiger partial charge in [0.1, 0.15) is 11.5 Å². The molecular weight excluding hydrogens is 420 g/mol. The molecule has 4 aromatic rings. The summed E-state index contributed by atoms with van der Waals surface area (Å²) in [5.74, 6) is 4.04. The van der Waals surface area contributed by atoms with Gasteiger partial charge in [-0.25, -0.2) is 9.97 Å². The van der Waals surface area contributed by atoms with Crippen LogP contribution in [0.2, 0.25) is 0 Å². The van der Waals surface area contributed by atoms with Gasteiger partial charge in [-0.05, 0) is 43.9 Å². The van der Waals surface area contributed by atoms with Crippen molar-refractivity contribution in [2.45, 2.75) is 37.6 Å². The molecule has 10 heteroatoms. The molecule has 5 heterocycles. The molecule has 1 aliphatic heterocycles. The Morgan fingerprint density at radius 3 is 2.94 bits per heavy atom. The molecule has 10 nitrogen and oxygen atoms in total. The van der Waals surface area contributed by atoms with E-state index in [1.165, 1.54) is 18.5 Å². The summed E-state index contributed by atoms with van der Waals surface area (Å²) in [6, 6.07) is 9.64. The summed E-state index contributed by atoms with van der Waals surface area (Å²) in [4.78, 5) is 15.7. The third kappa shape index (κ3) is 3.88. The molecule has 0 radical (unpaired) electrons. The van der Waals surface area contributed by atoms with E-state index in [4.69, 9.17) is 14.2 Å². The second-order valence-electron chi connectivity index (χ2n) is 8.38. The Bertz CT molecular complexity index is 1260. The van der Waals surface area contributed by atoms with Crippen LogP contribution in [0.5, 0.6) is 5.88 Å². The number of ether oxygens (including phenoxy) is 1. The highest BCUT2D eigenvalue weighted by Crippen LogP contribution is 2.40. The number of hydrogen-bond donors (Lipinski definition) is 2. The molecule has 33 heavy (non-hydrogen) atoms. The summed E-state index contributed by atoms with van der Waals surface area (Å²) in [7, 11) is 1.60. The molecule has 0 bridgehead atoms. The zero-order valence-corrected chi connectivity index (χ0v) is 18.2. The molecule has 2 aliphatic rings. The van der Waals surface area contributed by atoms with Gasteiger partial charge in [0.2, 0.25) is 11.8 Å². The maximum atomic E-state index is 5.75. The van der Waals surface area contributed by atoms with Crippen LogP contribution >= 0.6 is 0 Å². The van der Waals surface area contributed by atoms with E-state index in [0.717, 1.165) is 36.5 Å². The van der Waals surface area contributed by atoms with Crippen LogP contribution in [0.1, 0.15) is 49.1 Å². The van der Waals surface area contributed by atoms with Crippen LogP contribution in [0, 0.1) is 0 Å². The number of aromatic nitrogens is 6. The van der Waals surface area contributed by atoms with Crippen molar-refractivity contribution in [3.8, 4) is 17.1 Å². The maximum Gasteiger partial charge on any atom is 0.227 e. The quantitative estimate of drug-likeness (QED) is 0.432. The first kappa shape index (κ1) is 19.7. The SMILES string of the molecule is COc1ncccc1-c1cc([C@@H]2CCCN2c2nccc(Nc3cc(C4CC4)[nH]n3)n2)on1. The first-order chi connectivity index (χ1) is 16.3. The minimum atomic E-state index is 0.0102. The average molecular weight is 444 g/mol. The van der Waals surface area contributed by atoms with Crippen molar-refractivity contribution in [1.82, 2.24) is 30.3 Å². The van der Waals surface area contributed by atoms with Crippen LogP contribution in [0.15, 0.2) is 47.2 Å². The number of nitrogens with zero attached hydrogens (tertiary/aromatic N) is 6. The number of pyridine rings is 1. The Balaban J connectivity index is 1.23. The first-order valence-corrected chi connectivity index (χ1v) is 11.2. The second kappa shape index (κ2) is 8.19. The molecular formula is C23H24N8O2. The molecule has 2 fully saturated rings. The number of aromatic amines is 1. The third-order valence-electron chi connectivity index (χ3n) is 6.12. The topological polar surface area (TPSA) is 118 Å². The van der Waals surface area contributed by atoms with Crippen LogP contribution in [-0.2, 0) is 0 Å². The molecule has 4 aromatic heterocycles. The van der Waals surface area contributed by atoms with Gasteiger partial charge in [-0.2, -0.15) is 10.1 Å². The fourth-order valence-corrected chi connectivity index (χ4v) is 4.32. The highest BCUT2D eigenvalue weighted by molar-refractivity contribution is 5.65. The summed E-state index contributed by atoms with van der Waals surface area (Å²) < 4.78 is 11.1. The molecule has 0 unspecified atom stereocenters. The van der Waals surface area contributed by atoms with Crippen LogP contribution in [0.3, 0.4) is 0 Å². The molecule has 1 saturated heterocycles. The normalized spacial score (nSPS) is 18.0. The average Bonchev–Trinajstić information content (AvgIpc) is 3.23. The summed E-state index contributed by atoms with van der Waals surface area (Å²) in [6.07, 6.45) is 7.86. The van der Waals surface area contributed by atoms with E-state index in [2.05, 4.69) is 41.6 Å². The Morgan fingerprint density at radius 1 is 1.12 bits per heavy atom. The minimum absolute atomic E-state index is 0.0102. The van der Waals surface area contributed by atoms with Gasteiger partial charge in [-0.3, -0.25) is 5.10 Å². The maximum absolute atomic E-state index is 5.75. The number of methoxy groups -OCH3 is 1. The van der Waals surface area contributed by atoms with E-state index in [9.17, 15) is 0 Å². The molecule has 1 aliphatic carbocycles. The van der Waals surface area contributed by atoms with Gasteiger partial charge >= 0.3 is 0 Å². The van der Waals surface area contributed by atoms with Crippen molar-refractivity contribution in [3.05, 3.63) is 54.2 Å². The predicted octanol–water partition coefficient (Wildman–Crippen LogP) is 4.22. The smallest absolute Gasteiger partial charge is 0.227 e. The molecule has 0 aromatic carbocycles. The summed E-state index contributed by atoms with van der Waals surface area (Å²) in [6.45, 7) is 0.842. The fourth-order valence-electron chi connectivity index (χ4n) is 4.32. The lowest BCUT2D eigenvalue weighted by Crippen LogP contribution is -2.24. The van der Waals surface area contributed by atoms with Gasteiger partial charge in [0.25, 0.3) is 0 Å². The molecule has 0 spiro atoms. The van der Waals surface area contributed by atoms with E-state index < -0.39 is 0 Å². The molecule has 1 saturated carbocycles. The number of rotatable bonds is 7. The van der Waals surface area contributed by atoms with E-state index in [-0.39, 0.29) is 6.04 Å².